The van der Waals surface area contributed by atoms with Crippen LogP contribution in [0.2, 0.25) is 0 Å². The Morgan fingerprint density at radius 3 is 2.88 bits per heavy atom. The highest BCUT2D eigenvalue weighted by atomic mass is 16.5. The van der Waals surface area contributed by atoms with Gasteiger partial charge in [-0.2, -0.15) is 0 Å². The molecule has 0 aliphatic heterocycles. The van der Waals surface area contributed by atoms with Crippen LogP contribution in [0.1, 0.15) is 25.7 Å². The molecule has 0 aromatic carbocycles. The Kier molecular flexibility index (Phi) is 4.82. The highest BCUT2D eigenvalue weighted by molar-refractivity contribution is 5.69. The molecule has 1 rings (SSSR count). The second-order valence-electron chi connectivity index (χ2n) is 3.93. The predicted molar refractivity (Wildman–Crippen MR) is 58.1 cm³/mol. The van der Waals surface area contributed by atoms with E-state index in [1.165, 1.54) is 6.08 Å². The van der Waals surface area contributed by atoms with Gasteiger partial charge in [0.2, 0.25) is 0 Å². The number of hydrogen-bond acceptors (Lipinski definition) is 3. The number of carboxylic acids is 1. The zero-order chi connectivity index (χ0) is 12.0. The summed E-state index contributed by atoms with van der Waals surface area (Å²) in [6.07, 6.45) is 3.71. The molecular formula is C11H17NO4. The second kappa shape index (κ2) is 6.15. The van der Waals surface area contributed by atoms with Gasteiger partial charge in [-0.1, -0.05) is 19.1 Å². The smallest absolute Gasteiger partial charge is 0.407 e. The molecule has 1 fully saturated rings. The van der Waals surface area contributed by atoms with Crippen molar-refractivity contribution >= 4 is 12.1 Å². The van der Waals surface area contributed by atoms with Crippen LogP contribution in [0.4, 0.5) is 4.79 Å². The summed E-state index contributed by atoms with van der Waals surface area (Å²) in [7, 11) is 0. The zero-order valence-corrected chi connectivity index (χ0v) is 9.15. The third-order valence-electron chi connectivity index (χ3n) is 2.73. The van der Waals surface area contributed by atoms with Crippen molar-refractivity contribution in [2.24, 2.45) is 5.92 Å². The van der Waals surface area contributed by atoms with Crippen LogP contribution in [0, 0.1) is 5.92 Å². The van der Waals surface area contributed by atoms with Crippen molar-refractivity contribution in [3.63, 3.8) is 0 Å². The van der Waals surface area contributed by atoms with E-state index in [9.17, 15) is 9.59 Å². The first-order valence-electron chi connectivity index (χ1n) is 5.39. The maximum Gasteiger partial charge on any atom is 0.407 e. The van der Waals surface area contributed by atoms with Crippen molar-refractivity contribution in [1.82, 2.24) is 5.32 Å². The summed E-state index contributed by atoms with van der Waals surface area (Å²) in [5.41, 5.74) is 0. The van der Waals surface area contributed by atoms with Gasteiger partial charge in [0.05, 0.1) is 6.42 Å². The van der Waals surface area contributed by atoms with Gasteiger partial charge in [0.25, 0.3) is 0 Å². The Labute approximate surface area is 94.5 Å². The molecule has 90 valence electrons. The molecule has 2 N–H and O–H groups in total. The third-order valence-corrected chi connectivity index (χ3v) is 2.73. The molecule has 0 spiro atoms. The summed E-state index contributed by atoms with van der Waals surface area (Å²) in [6, 6.07) is -0.0755. The average Bonchev–Trinajstić information content (AvgIpc) is 2.62. The van der Waals surface area contributed by atoms with E-state index < -0.39 is 12.1 Å². The standard InChI is InChI=1S/C11H17NO4/c1-2-6-16-11(15)12-9-5-3-4-8(9)7-10(13)14/h2,8-9H,1,3-7H2,(H,12,15)(H,13,14)/t8-,9-/m0/s1. The number of aliphatic carboxylic acids is 1. The molecule has 2 atom stereocenters. The topological polar surface area (TPSA) is 75.6 Å². The van der Waals surface area contributed by atoms with Crippen LogP contribution in [0.3, 0.4) is 0 Å². The van der Waals surface area contributed by atoms with Gasteiger partial charge in [-0.15, -0.1) is 0 Å². The minimum Gasteiger partial charge on any atom is -0.481 e. The summed E-state index contributed by atoms with van der Waals surface area (Å²) >= 11 is 0. The summed E-state index contributed by atoms with van der Waals surface area (Å²) in [4.78, 5) is 21.9. The summed E-state index contributed by atoms with van der Waals surface area (Å²) in [5.74, 6) is -0.799. The molecule has 1 amide bonds. The first-order valence-corrected chi connectivity index (χ1v) is 5.39. The molecule has 16 heavy (non-hydrogen) atoms. The molecule has 5 heteroatoms. The van der Waals surface area contributed by atoms with E-state index in [0.717, 1.165) is 19.3 Å². The fourth-order valence-corrected chi connectivity index (χ4v) is 2.02. The lowest BCUT2D eigenvalue weighted by Gasteiger charge is -2.18. The molecule has 0 aromatic heterocycles. The van der Waals surface area contributed by atoms with Crippen molar-refractivity contribution in [1.29, 1.82) is 0 Å². The third kappa shape index (κ3) is 3.92. The highest BCUT2D eigenvalue weighted by Crippen LogP contribution is 2.28. The molecule has 5 nitrogen and oxygen atoms in total. The number of ether oxygens (including phenoxy) is 1. The number of carbonyl (C=O) groups excluding carboxylic acids is 1. The lowest BCUT2D eigenvalue weighted by atomic mass is 10.00. The Bertz CT molecular complexity index is 277. The number of carbonyl (C=O) groups is 2. The molecule has 0 aromatic rings. The van der Waals surface area contributed by atoms with Gasteiger partial charge in [0.15, 0.2) is 0 Å². The van der Waals surface area contributed by atoms with Crippen LogP contribution in [-0.2, 0) is 9.53 Å². The lowest BCUT2D eigenvalue weighted by Crippen LogP contribution is -2.38. The Hall–Kier alpha value is -1.52. The van der Waals surface area contributed by atoms with Crippen LogP contribution in [0.15, 0.2) is 12.7 Å². The van der Waals surface area contributed by atoms with Gasteiger partial charge >= 0.3 is 12.1 Å². The summed E-state index contributed by atoms with van der Waals surface area (Å²) in [6.45, 7) is 3.60. The molecule has 0 unspecified atom stereocenters. The summed E-state index contributed by atoms with van der Waals surface area (Å²) < 4.78 is 4.79. The Balaban J connectivity index is 2.36. The van der Waals surface area contributed by atoms with E-state index in [1.54, 1.807) is 0 Å². The highest BCUT2D eigenvalue weighted by Gasteiger charge is 2.30. The van der Waals surface area contributed by atoms with Crippen LogP contribution in [-0.4, -0.2) is 29.8 Å². The van der Waals surface area contributed by atoms with Crippen molar-refractivity contribution < 1.29 is 19.4 Å². The van der Waals surface area contributed by atoms with Crippen molar-refractivity contribution in [2.45, 2.75) is 31.7 Å². The first-order chi connectivity index (χ1) is 7.63. The van der Waals surface area contributed by atoms with Crippen molar-refractivity contribution in [2.75, 3.05) is 6.61 Å². The minimum absolute atomic E-state index is 0.0220. The predicted octanol–water partition coefficient (Wildman–Crippen LogP) is 1.54. The maximum atomic E-state index is 11.3. The van der Waals surface area contributed by atoms with Gasteiger partial charge in [0.1, 0.15) is 6.61 Å². The van der Waals surface area contributed by atoms with Crippen LogP contribution < -0.4 is 5.32 Å². The number of rotatable bonds is 5. The van der Waals surface area contributed by atoms with Gasteiger partial charge in [0, 0.05) is 6.04 Å². The molecule has 0 heterocycles. The van der Waals surface area contributed by atoms with Crippen LogP contribution >= 0.6 is 0 Å². The number of hydrogen-bond donors (Lipinski definition) is 2. The molecule has 1 saturated carbocycles. The first kappa shape index (κ1) is 12.5. The average molecular weight is 227 g/mol. The molecular weight excluding hydrogens is 210 g/mol. The molecule has 1 aliphatic rings. The fourth-order valence-electron chi connectivity index (χ4n) is 2.02. The zero-order valence-electron chi connectivity index (χ0n) is 9.15. The molecule has 0 radical (unpaired) electrons. The normalized spacial score (nSPS) is 23.8. The quantitative estimate of drug-likeness (QED) is 0.698. The van der Waals surface area contributed by atoms with Gasteiger partial charge in [-0.3, -0.25) is 4.79 Å². The SMILES string of the molecule is C=CCOC(=O)N[C@H]1CCC[C@H]1CC(=O)O. The van der Waals surface area contributed by atoms with Gasteiger partial charge in [-0.05, 0) is 18.8 Å². The molecule has 0 bridgehead atoms. The molecule has 0 saturated heterocycles. The number of amides is 1. The maximum absolute atomic E-state index is 11.3. The lowest BCUT2D eigenvalue weighted by molar-refractivity contribution is -0.138. The van der Waals surface area contributed by atoms with E-state index in [4.69, 9.17) is 9.84 Å². The van der Waals surface area contributed by atoms with Crippen molar-refractivity contribution in [3.8, 4) is 0 Å². The van der Waals surface area contributed by atoms with Crippen LogP contribution in [0.25, 0.3) is 0 Å². The largest absolute Gasteiger partial charge is 0.481 e. The number of alkyl carbamates (subject to hydrolysis) is 1. The fraction of sp³-hybridized carbons (Fsp3) is 0.636. The minimum atomic E-state index is -0.821. The van der Waals surface area contributed by atoms with E-state index in [0.29, 0.717) is 0 Å². The Morgan fingerprint density at radius 1 is 1.50 bits per heavy atom. The van der Waals surface area contributed by atoms with E-state index >= 15 is 0 Å². The van der Waals surface area contributed by atoms with Gasteiger partial charge < -0.3 is 15.2 Å². The second-order valence-corrected chi connectivity index (χ2v) is 3.93. The number of carboxylic acid groups (broad SMARTS) is 1. The van der Waals surface area contributed by atoms with E-state index in [-0.39, 0.29) is 25.0 Å². The van der Waals surface area contributed by atoms with Gasteiger partial charge in [-0.25, -0.2) is 4.79 Å². The van der Waals surface area contributed by atoms with E-state index in [2.05, 4.69) is 11.9 Å². The monoisotopic (exact) mass is 227 g/mol. The Morgan fingerprint density at radius 2 is 2.25 bits per heavy atom. The van der Waals surface area contributed by atoms with Crippen LogP contribution in [0.5, 0.6) is 0 Å². The van der Waals surface area contributed by atoms with Crippen molar-refractivity contribution in [3.05, 3.63) is 12.7 Å². The molecule has 1 aliphatic carbocycles. The van der Waals surface area contributed by atoms with E-state index in [1.807, 2.05) is 0 Å². The number of nitrogens with one attached hydrogen (secondary N) is 1. The summed E-state index contributed by atoms with van der Waals surface area (Å²) in [5, 5.41) is 11.4.